The molecule has 2 aromatic carbocycles. The molecule has 0 aliphatic carbocycles. The van der Waals surface area contributed by atoms with Crippen molar-refractivity contribution in [2.45, 2.75) is 13.8 Å². The monoisotopic (exact) mass is 332 g/mol. The predicted octanol–water partition coefficient (Wildman–Crippen LogP) is 4.12. The first-order chi connectivity index (χ1) is 11.0. The molecular formula is C17H17FN2O2S. The van der Waals surface area contributed by atoms with Crippen LogP contribution in [-0.4, -0.2) is 17.7 Å². The second-order valence-corrected chi connectivity index (χ2v) is 5.24. The van der Waals surface area contributed by atoms with E-state index in [1.54, 1.807) is 44.2 Å². The average molecular weight is 332 g/mol. The van der Waals surface area contributed by atoms with Gasteiger partial charge in [0.1, 0.15) is 5.82 Å². The lowest BCUT2D eigenvalue weighted by molar-refractivity contribution is 0.0526. The SMILES string of the molecule is CCOC(=O)c1ccc(NC(=S)Nc2ccc(F)cc2C)cc1. The number of thiocarbonyl (C=S) groups is 1. The zero-order chi connectivity index (χ0) is 16.8. The Morgan fingerprint density at radius 2 is 1.87 bits per heavy atom. The van der Waals surface area contributed by atoms with E-state index >= 15 is 0 Å². The molecule has 0 radical (unpaired) electrons. The number of carbonyl (C=O) groups excluding carboxylic acids is 1. The van der Waals surface area contributed by atoms with Gasteiger partial charge in [-0.15, -0.1) is 0 Å². The highest BCUT2D eigenvalue weighted by atomic mass is 32.1. The third-order valence-corrected chi connectivity index (χ3v) is 3.29. The van der Waals surface area contributed by atoms with Crippen molar-refractivity contribution in [1.29, 1.82) is 0 Å². The van der Waals surface area contributed by atoms with Crippen molar-refractivity contribution in [2.75, 3.05) is 17.2 Å². The highest BCUT2D eigenvalue weighted by Gasteiger charge is 2.07. The fourth-order valence-corrected chi connectivity index (χ4v) is 2.18. The fourth-order valence-electron chi connectivity index (χ4n) is 1.96. The van der Waals surface area contributed by atoms with Crippen LogP contribution in [0.25, 0.3) is 0 Å². The highest BCUT2D eigenvalue weighted by Crippen LogP contribution is 2.17. The summed E-state index contributed by atoms with van der Waals surface area (Å²) in [5.41, 5.74) is 2.69. The van der Waals surface area contributed by atoms with Gasteiger partial charge in [-0.3, -0.25) is 0 Å². The number of ether oxygens (including phenoxy) is 1. The van der Waals surface area contributed by atoms with Gasteiger partial charge in [-0.1, -0.05) is 0 Å². The Hall–Kier alpha value is -2.47. The van der Waals surface area contributed by atoms with Crippen molar-refractivity contribution in [2.24, 2.45) is 0 Å². The van der Waals surface area contributed by atoms with Crippen LogP contribution in [0.3, 0.4) is 0 Å². The molecule has 0 saturated heterocycles. The summed E-state index contributed by atoms with van der Waals surface area (Å²) in [6.45, 7) is 3.89. The predicted molar refractivity (Wildman–Crippen MR) is 93.4 cm³/mol. The van der Waals surface area contributed by atoms with Crippen molar-refractivity contribution >= 4 is 34.7 Å². The van der Waals surface area contributed by atoms with Crippen LogP contribution < -0.4 is 10.6 Å². The molecular weight excluding hydrogens is 315 g/mol. The number of hydrogen-bond acceptors (Lipinski definition) is 3. The summed E-state index contributed by atoms with van der Waals surface area (Å²) in [7, 11) is 0. The summed E-state index contributed by atoms with van der Waals surface area (Å²) in [5.74, 6) is -0.650. The number of rotatable bonds is 4. The first kappa shape index (κ1) is 16.9. The van der Waals surface area contributed by atoms with Gasteiger partial charge in [-0.05, 0) is 74.1 Å². The van der Waals surface area contributed by atoms with Gasteiger partial charge in [0.15, 0.2) is 5.11 Å². The van der Waals surface area contributed by atoms with E-state index in [2.05, 4.69) is 10.6 Å². The van der Waals surface area contributed by atoms with Crippen molar-refractivity contribution in [3.05, 3.63) is 59.4 Å². The molecule has 0 aromatic heterocycles. The second-order valence-electron chi connectivity index (χ2n) is 4.84. The normalized spacial score (nSPS) is 10.0. The minimum atomic E-state index is -0.360. The maximum atomic E-state index is 13.1. The molecule has 2 N–H and O–H groups in total. The van der Waals surface area contributed by atoms with Crippen LogP contribution in [0.15, 0.2) is 42.5 Å². The van der Waals surface area contributed by atoms with Crippen molar-refractivity contribution in [3.8, 4) is 0 Å². The maximum absolute atomic E-state index is 13.1. The number of nitrogens with one attached hydrogen (secondary N) is 2. The molecule has 0 aliphatic heterocycles. The minimum absolute atomic E-state index is 0.290. The lowest BCUT2D eigenvalue weighted by atomic mass is 10.2. The zero-order valence-corrected chi connectivity index (χ0v) is 13.7. The van der Waals surface area contributed by atoms with Gasteiger partial charge in [-0.2, -0.15) is 0 Å². The van der Waals surface area contributed by atoms with Crippen LogP contribution in [0.2, 0.25) is 0 Å². The second kappa shape index (κ2) is 7.69. The van der Waals surface area contributed by atoms with E-state index in [0.29, 0.717) is 17.3 Å². The summed E-state index contributed by atoms with van der Waals surface area (Å²) in [5, 5.41) is 6.39. The number of benzene rings is 2. The Morgan fingerprint density at radius 3 is 2.48 bits per heavy atom. The van der Waals surface area contributed by atoms with E-state index in [-0.39, 0.29) is 11.8 Å². The van der Waals surface area contributed by atoms with Gasteiger partial charge < -0.3 is 15.4 Å². The Kier molecular flexibility index (Phi) is 5.65. The number of anilines is 2. The lowest BCUT2D eigenvalue weighted by Crippen LogP contribution is -2.19. The molecule has 0 heterocycles. The average Bonchev–Trinajstić information content (AvgIpc) is 2.51. The fraction of sp³-hybridized carbons (Fsp3) is 0.176. The van der Waals surface area contributed by atoms with Gasteiger partial charge in [0.05, 0.1) is 12.2 Å². The summed E-state index contributed by atoms with van der Waals surface area (Å²) in [4.78, 5) is 11.6. The Bertz CT molecular complexity index is 717. The first-order valence-corrected chi connectivity index (χ1v) is 7.51. The smallest absolute Gasteiger partial charge is 0.338 e. The van der Waals surface area contributed by atoms with Crippen LogP contribution in [-0.2, 0) is 4.74 Å². The molecule has 23 heavy (non-hydrogen) atoms. The highest BCUT2D eigenvalue weighted by molar-refractivity contribution is 7.80. The number of halogens is 1. The quantitative estimate of drug-likeness (QED) is 0.651. The zero-order valence-electron chi connectivity index (χ0n) is 12.9. The topological polar surface area (TPSA) is 50.4 Å². The first-order valence-electron chi connectivity index (χ1n) is 7.11. The largest absolute Gasteiger partial charge is 0.462 e. The molecule has 0 fully saturated rings. The van der Waals surface area contributed by atoms with E-state index in [1.807, 2.05) is 0 Å². The van der Waals surface area contributed by atoms with E-state index in [0.717, 1.165) is 16.9 Å². The van der Waals surface area contributed by atoms with Gasteiger partial charge in [-0.25, -0.2) is 9.18 Å². The molecule has 0 amide bonds. The Morgan fingerprint density at radius 1 is 1.17 bits per heavy atom. The van der Waals surface area contributed by atoms with E-state index < -0.39 is 0 Å². The third kappa shape index (κ3) is 4.75. The standard InChI is InChI=1S/C17H17FN2O2S/c1-3-22-16(21)12-4-7-14(8-5-12)19-17(23)20-15-9-6-13(18)10-11(15)2/h4-10H,3H2,1-2H3,(H2,19,20,23). The summed E-state index contributed by atoms with van der Waals surface area (Å²) in [6, 6.07) is 11.2. The van der Waals surface area contributed by atoms with Crippen LogP contribution in [0.4, 0.5) is 15.8 Å². The molecule has 6 heteroatoms. The van der Waals surface area contributed by atoms with Gasteiger partial charge in [0.25, 0.3) is 0 Å². The van der Waals surface area contributed by atoms with Crippen LogP contribution in [0, 0.1) is 12.7 Å². The van der Waals surface area contributed by atoms with E-state index in [9.17, 15) is 9.18 Å². The number of aryl methyl sites for hydroxylation is 1. The molecule has 4 nitrogen and oxygen atoms in total. The molecule has 0 spiro atoms. The molecule has 0 unspecified atom stereocenters. The number of carbonyl (C=O) groups is 1. The number of hydrogen-bond donors (Lipinski definition) is 2. The molecule has 120 valence electrons. The van der Waals surface area contributed by atoms with Gasteiger partial charge >= 0.3 is 5.97 Å². The van der Waals surface area contributed by atoms with Crippen LogP contribution in [0.5, 0.6) is 0 Å². The van der Waals surface area contributed by atoms with E-state index in [4.69, 9.17) is 17.0 Å². The molecule has 2 rings (SSSR count). The molecule has 2 aromatic rings. The van der Waals surface area contributed by atoms with Crippen LogP contribution >= 0.6 is 12.2 Å². The Labute approximate surface area is 139 Å². The lowest BCUT2D eigenvalue weighted by Gasteiger charge is -2.13. The summed E-state index contributed by atoms with van der Waals surface area (Å²) in [6.07, 6.45) is 0. The van der Waals surface area contributed by atoms with E-state index in [1.165, 1.54) is 12.1 Å². The molecule has 0 aliphatic rings. The molecule has 0 atom stereocenters. The third-order valence-electron chi connectivity index (χ3n) is 3.09. The number of esters is 1. The summed E-state index contributed by atoms with van der Waals surface area (Å²) >= 11 is 5.23. The van der Waals surface area contributed by atoms with Gasteiger partial charge in [0, 0.05) is 11.4 Å². The van der Waals surface area contributed by atoms with Crippen molar-refractivity contribution in [1.82, 2.24) is 0 Å². The maximum Gasteiger partial charge on any atom is 0.338 e. The minimum Gasteiger partial charge on any atom is -0.462 e. The van der Waals surface area contributed by atoms with Gasteiger partial charge in [0.2, 0.25) is 0 Å². The van der Waals surface area contributed by atoms with Crippen LogP contribution in [0.1, 0.15) is 22.8 Å². The van der Waals surface area contributed by atoms with Crippen molar-refractivity contribution in [3.63, 3.8) is 0 Å². The summed E-state index contributed by atoms with van der Waals surface area (Å²) < 4.78 is 18.0. The molecule has 0 saturated carbocycles. The molecule has 0 bridgehead atoms. The van der Waals surface area contributed by atoms with Crippen molar-refractivity contribution < 1.29 is 13.9 Å². The Balaban J connectivity index is 1.98.